The van der Waals surface area contributed by atoms with Crippen LogP contribution in [0.5, 0.6) is 5.75 Å². The molecule has 1 N–H and O–H groups in total. The molecular weight excluding hydrogens is 411 g/mol. The van der Waals surface area contributed by atoms with E-state index in [0.29, 0.717) is 17.7 Å². The average molecular weight is 437 g/mol. The molecule has 160 valence electrons. The van der Waals surface area contributed by atoms with Crippen LogP contribution in [0, 0.1) is 12.7 Å². The minimum Gasteiger partial charge on any atom is -0.494 e. The van der Waals surface area contributed by atoms with Crippen LogP contribution < -0.4 is 4.74 Å². The molecule has 0 fully saturated rings. The highest BCUT2D eigenvalue weighted by molar-refractivity contribution is 7.16. The van der Waals surface area contributed by atoms with Crippen LogP contribution in [0.4, 0.5) is 4.39 Å². The predicted molar refractivity (Wildman–Crippen MR) is 126 cm³/mol. The molecule has 0 saturated carbocycles. The lowest BCUT2D eigenvalue weighted by Crippen LogP contribution is -2.02. The topological polar surface area (TPSA) is 46.5 Å². The first kappa shape index (κ1) is 22.5. The van der Waals surface area contributed by atoms with Crippen molar-refractivity contribution in [2.24, 2.45) is 0 Å². The molecule has 0 spiro atoms. The van der Waals surface area contributed by atoms with Gasteiger partial charge in [-0.15, -0.1) is 11.3 Å². The fraction of sp³-hybridized carbons (Fsp3) is 0.192. The number of halogens is 1. The van der Waals surface area contributed by atoms with E-state index in [1.54, 1.807) is 30.4 Å². The summed E-state index contributed by atoms with van der Waals surface area (Å²) in [6.45, 7) is 6.36. The lowest BCUT2D eigenvalue weighted by atomic mass is 9.97. The smallest absolute Gasteiger partial charge is 0.336 e. The number of allylic oxidation sites excluding steroid dienone is 3. The van der Waals surface area contributed by atoms with Gasteiger partial charge in [0.2, 0.25) is 0 Å². The number of hydrogen-bond donors (Lipinski definition) is 1. The van der Waals surface area contributed by atoms with Crippen molar-refractivity contribution in [2.45, 2.75) is 27.2 Å². The van der Waals surface area contributed by atoms with E-state index in [0.717, 1.165) is 33.1 Å². The van der Waals surface area contributed by atoms with E-state index in [4.69, 9.17) is 4.74 Å². The summed E-state index contributed by atoms with van der Waals surface area (Å²) in [4.78, 5) is 14.1. The fourth-order valence-electron chi connectivity index (χ4n) is 3.28. The van der Waals surface area contributed by atoms with E-state index in [1.165, 1.54) is 12.1 Å². The number of aryl methyl sites for hydroxylation is 1. The number of carbonyl (C=O) groups is 1. The zero-order valence-corrected chi connectivity index (χ0v) is 18.6. The van der Waals surface area contributed by atoms with Crippen LogP contribution in [0.1, 0.15) is 36.3 Å². The summed E-state index contributed by atoms with van der Waals surface area (Å²) in [5.74, 6) is -0.712. The van der Waals surface area contributed by atoms with Crippen molar-refractivity contribution in [3.05, 3.63) is 88.6 Å². The molecule has 0 unspecified atom stereocenters. The normalized spacial score (nSPS) is 12.1. The molecule has 1 aromatic heterocycles. The summed E-state index contributed by atoms with van der Waals surface area (Å²) < 4.78 is 19.3. The molecule has 0 aliphatic carbocycles. The SMILES string of the molecule is CC/C=C(/C=C(/C(=O)O)c1cc(F)ccc1C)c1ccc(-c2ccc(OCC)cc2)s1. The van der Waals surface area contributed by atoms with E-state index in [2.05, 4.69) is 0 Å². The molecule has 0 aliphatic rings. The first-order valence-electron chi connectivity index (χ1n) is 10.2. The third kappa shape index (κ3) is 5.50. The summed E-state index contributed by atoms with van der Waals surface area (Å²) in [7, 11) is 0. The van der Waals surface area contributed by atoms with Crippen molar-refractivity contribution in [1.29, 1.82) is 0 Å². The Labute approximate surface area is 186 Å². The Morgan fingerprint density at radius 2 is 1.84 bits per heavy atom. The average Bonchev–Trinajstić information content (AvgIpc) is 3.24. The lowest BCUT2D eigenvalue weighted by Gasteiger charge is -2.09. The van der Waals surface area contributed by atoms with Gasteiger partial charge in [-0.2, -0.15) is 0 Å². The summed E-state index contributed by atoms with van der Waals surface area (Å²) in [6.07, 6.45) is 4.38. The second-order valence-electron chi connectivity index (χ2n) is 7.01. The number of carboxylic acid groups (broad SMARTS) is 1. The Kier molecular flexibility index (Phi) is 7.42. The maximum atomic E-state index is 13.8. The second-order valence-corrected chi connectivity index (χ2v) is 8.10. The molecule has 0 radical (unpaired) electrons. The highest BCUT2D eigenvalue weighted by Crippen LogP contribution is 2.35. The van der Waals surface area contributed by atoms with Crippen LogP contribution in [-0.4, -0.2) is 17.7 Å². The molecule has 0 amide bonds. The van der Waals surface area contributed by atoms with Gasteiger partial charge in [-0.3, -0.25) is 0 Å². The monoisotopic (exact) mass is 436 g/mol. The van der Waals surface area contributed by atoms with Crippen molar-refractivity contribution in [3.63, 3.8) is 0 Å². The molecule has 2 aromatic carbocycles. The molecule has 3 aromatic rings. The van der Waals surface area contributed by atoms with Crippen molar-refractivity contribution in [2.75, 3.05) is 6.61 Å². The maximum absolute atomic E-state index is 13.8. The summed E-state index contributed by atoms with van der Waals surface area (Å²) in [6, 6.07) is 16.1. The Hall–Kier alpha value is -3.18. The van der Waals surface area contributed by atoms with Crippen LogP contribution in [0.25, 0.3) is 21.6 Å². The molecular formula is C26H25FO3S. The van der Waals surface area contributed by atoms with Gasteiger partial charge in [0.15, 0.2) is 0 Å². The van der Waals surface area contributed by atoms with Gasteiger partial charge in [0.25, 0.3) is 0 Å². The molecule has 5 heteroatoms. The Bertz CT molecular complexity index is 1120. The summed E-state index contributed by atoms with van der Waals surface area (Å²) in [5.41, 5.74) is 3.06. The minimum absolute atomic E-state index is 0.0766. The van der Waals surface area contributed by atoms with E-state index in [-0.39, 0.29) is 5.57 Å². The van der Waals surface area contributed by atoms with E-state index < -0.39 is 11.8 Å². The third-order valence-electron chi connectivity index (χ3n) is 4.78. The highest BCUT2D eigenvalue weighted by atomic mass is 32.1. The van der Waals surface area contributed by atoms with Gasteiger partial charge in [-0.1, -0.05) is 19.1 Å². The summed E-state index contributed by atoms with van der Waals surface area (Å²) in [5, 5.41) is 9.83. The van der Waals surface area contributed by atoms with Gasteiger partial charge in [-0.05, 0) is 97.1 Å². The molecule has 1 heterocycles. The zero-order valence-electron chi connectivity index (χ0n) is 17.8. The molecule has 0 saturated heterocycles. The quantitative estimate of drug-likeness (QED) is 0.299. The largest absolute Gasteiger partial charge is 0.494 e. The molecule has 0 aliphatic heterocycles. The number of benzene rings is 2. The van der Waals surface area contributed by atoms with Crippen molar-refractivity contribution in [1.82, 2.24) is 0 Å². The zero-order chi connectivity index (χ0) is 22.4. The van der Waals surface area contributed by atoms with Crippen LogP contribution in [-0.2, 0) is 4.79 Å². The van der Waals surface area contributed by atoms with E-state index >= 15 is 0 Å². The standard InChI is InChI=1S/C26H25FO3S/c1-4-6-19(15-23(26(28)29)22-16-20(27)10-7-17(22)3)25-14-13-24(31-25)18-8-11-21(12-9-18)30-5-2/h6-16H,4-5H2,1-3H3,(H,28,29)/b19-6-,23-15+. The van der Waals surface area contributed by atoms with Crippen LogP contribution in [0.3, 0.4) is 0 Å². The Balaban J connectivity index is 1.99. The van der Waals surface area contributed by atoms with E-state index in [9.17, 15) is 14.3 Å². The van der Waals surface area contributed by atoms with Crippen LogP contribution >= 0.6 is 11.3 Å². The number of rotatable bonds is 8. The Morgan fingerprint density at radius 3 is 2.48 bits per heavy atom. The maximum Gasteiger partial charge on any atom is 0.336 e. The van der Waals surface area contributed by atoms with Crippen LogP contribution in [0.15, 0.2) is 66.7 Å². The van der Waals surface area contributed by atoms with Crippen molar-refractivity contribution >= 4 is 28.5 Å². The first-order chi connectivity index (χ1) is 14.9. The number of carboxylic acids is 1. The first-order valence-corrected chi connectivity index (χ1v) is 11.0. The lowest BCUT2D eigenvalue weighted by molar-refractivity contribution is -0.130. The number of ether oxygens (including phenoxy) is 1. The van der Waals surface area contributed by atoms with Crippen molar-refractivity contribution < 1.29 is 19.0 Å². The predicted octanol–water partition coefficient (Wildman–Crippen LogP) is 7.22. The van der Waals surface area contributed by atoms with Crippen LogP contribution in [0.2, 0.25) is 0 Å². The number of hydrogen-bond acceptors (Lipinski definition) is 3. The van der Waals surface area contributed by atoms with E-state index in [1.807, 2.05) is 56.3 Å². The number of aliphatic carboxylic acids is 1. The van der Waals surface area contributed by atoms with Gasteiger partial charge >= 0.3 is 5.97 Å². The molecule has 0 bridgehead atoms. The summed E-state index contributed by atoms with van der Waals surface area (Å²) >= 11 is 1.59. The molecule has 3 rings (SSSR count). The minimum atomic E-state index is -1.08. The molecule has 3 nitrogen and oxygen atoms in total. The molecule has 0 atom stereocenters. The van der Waals surface area contributed by atoms with Gasteiger partial charge < -0.3 is 9.84 Å². The fourth-order valence-corrected chi connectivity index (χ4v) is 4.30. The van der Waals surface area contributed by atoms with Gasteiger partial charge in [-0.25, -0.2) is 9.18 Å². The second kappa shape index (κ2) is 10.2. The van der Waals surface area contributed by atoms with Gasteiger partial charge in [0.1, 0.15) is 11.6 Å². The Morgan fingerprint density at radius 1 is 1.10 bits per heavy atom. The van der Waals surface area contributed by atoms with Gasteiger partial charge in [0.05, 0.1) is 12.2 Å². The highest BCUT2D eigenvalue weighted by Gasteiger charge is 2.16. The molecule has 31 heavy (non-hydrogen) atoms. The van der Waals surface area contributed by atoms with Gasteiger partial charge in [0, 0.05) is 9.75 Å². The van der Waals surface area contributed by atoms with Crippen molar-refractivity contribution in [3.8, 4) is 16.2 Å². The number of thiophene rings is 1. The third-order valence-corrected chi connectivity index (χ3v) is 5.97.